The van der Waals surface area contributed by atoms with Crippen LogP contribution in [0.15, 0.2) is 78.9 Å². The van der Waals surface area contributed by atoms with E-state index in [0.717, 1.165) is 29.0 Å². The molecular formula is C26H28N4O3S. The molecule has 0 bridgehead atoms. The van der Waals surface area contributed by atoms with Crippen LogP contribution in [-0.2, 0) is 14.8 Å². The lowest BCUT2D eigenvalue weighted by molar-refractivity contribution is -0.110. The number of carbonyl (C=O) groups excluding carboxylic acids is 1. The maximum Gasteiger partial charge on any atom is 0.258 e. The van der Waals surface area contributed by atoms with E-state index in [1.165, 1.54) is 10.6 Å². The minimum atomic E-state index is -3.42. The summed E-state index contributed by atoms with van der Waals surface area (Å²) in [7, 11) is -3.42. The Morgan fingerprint density at radius 1 is 0.941 bits per heavy atom. The van der Waals surface area contributed by atoms with Crippen molar-refractivity contribution in [3.8, 4) is 0 Å². The number of fused-ring (bicyclic) bond motifs is 1. The first-order chi connectivity index (χ1) is 16.4. The van der Waals surface area contributed by atoms with Gasteiger partial charge >= 0.3 is 0 Å². The molecule has 4 rings (SSSR count). The van der Waals surface area contributed by atoms with Gasteiger partial charge in [0.1, 0.15) is 0 Å². The molecule has 0 radical (unpaired) electrons. The Balaban J connectivity index is 1.70. The van der Waals surface area contributed by atoms with E-state index in [2.05, 4.69) is 16.0 Å². The van der Waals surface area contributed by atoms with E-state index in [4.69, 9.17) is 0 Å². The van der Waals surface area contributed by atoms with Crippen LogP contribution in [0.1, 0.15) is 18.1 Å². The van der Waals surface area contributed by atoms with E-state index in [1.807, 2.05) is 73.7 Å². The lowest BCUT2D eigenvalue weighted by Gasteiger charge is -2.23. The lowest BCUT2D eigenvalue weighted by atomic mass is 10.00. The van der Waals surface area contributed by atoms with Crippen molar-refractivity contribution in [2.24, 2.45) is 0 Å². The van der Waals surface area contributed by atoms with Crippen LogP contribution in [0.25, 0.3) is 11.3 Å². The van der Waals surface area contributed by atoms with Crippen molar-refractivity contribution in [3.05, 3.63) is 90.0 Å². The largest absolute Gasteiger partial charge is 0.354 e. The summed E-state index contributed by atoms with van der Waals surface area (Å²) in [5.41, 5.74) is 5.06. The number of carbonyl (C=O) groups is 1. The average molecular weight is 477 g/mol. The monoisotopic (exact) mass is 476 g/mol. The third-order valence-corrected chi connectivity index (χ3v) is 6.74. The van der Waals surface area contributed by atoms with Crippen LogP contribution in [-0.4, -0.2) is 40.2 Å². The molecule has 1 aliphatic rings. The van der Waals surface area contributed by atoms with Crippen molar-refractivity contribution < 1.29 is 13.2 Å². The van der Waals surface area contributed by atoms with Crippen molar-refractivity contribution >= 4 is 44.3 Å². The van der Waals surface area contributed by atoms with E-state index in [0.29, 0.717) is 30.0 Å². The minimum Gasteiger partial charge on any atom is -0.354 e. The molecule has 1 amide bonds. The smallest absolute Gasteiger partial charge is 0.258 e. The van der Waals surface area contributed by atoms with Crippen molar-refractivity contribution in [3.63, 3.8) is 0 Å². The number of nitrogens with one attached hydrogen (secondary N) is 3. The van der Waals surface area contributed by atoms with Crippen molar-refractivity contribution in [1.82, 2.24) is 5.32 Å². The highest BCUT2D eigenvalue weighted by molar-refractivity contribution is 7.92. The highest BCUT2D eigenvalue weighted by Gasteiger charge is 2.28. The average Bonchev–Trinajstić information content (AvgIpc) is 3.16. The number of rotatable bonds is 9. The van der Waals surface area contributed by atoms with Crippen LogP contribution < -0.4 is 20.3 Å². The summed E-state index contributed by atoms with van der Waals surface area (Å²) in [5, 5.41) is 9.49. The van der Waals surface area contributed by atoms with Crippen LogP contribution in [0.3, 0.4) is 0 Å². The number of benzene rings is 3. The molecule has 3 aromatic rings. The fourth-order valence-electron chi connectivity index (χ4n) is 3.95. The van der Waals surface area contributed by atoms with E-state index in [-0.39, 0.29) is 5.91 Å². The summed E-state index contributed by atoms with van der Waals surface area (Å²) >= 11 is 0. The fourth-order valence-corrected chi connectivity index (χ4v) is 4.88. The molecule has 0 spiro atoms. The molecule has 176 valence electrons. The summed E-state index contributed by atoms with van der Waals surface area (Å²) in [6.45, 7) is 3.65. The fraction of sp³-hybridized carbons (Fsp3) is 0.192. The van der Waals surface area contributed by atoms with Gasteiger partial charge in [-0.15, -0.1) is 0 Å². The molecule has 0 saturated heterocycles. The van der Waals surface area contributed by atoms with Gasteiger partial charge in [0.15, 0.2) is 0 Å². The van der Waals surface area contributed by atoms with Crippen molar-refractivity contribution in [2.75, 3.05) is 40.8 Å². The number of hydrogen-bond acceptors (Lipinski definition) is 5. The van der Waals surface area contributed by atoms with Gasteiger partial charge in [-0.05, 0) is 42.4 Å². The zero-order valence-electron chi connectivity index (χ0n) is 19.2. The zero-order valence-corrected chi connectivity index (χ0v) is 20.0. The number of nitrogens with zero attached hydrogens (tertiary/aromatic N) is 1. The van der Waals surface area contributed by atoms with Gasteiger partial charge in [-0.2, -0.15) is 0 Å². The van der Waals surface area contributed by atoms with E-state index >= 15 is 0 Å². The first kappa shape index (κ1) is 23.5. The molecule has 7 nitrogen and oxygen atoms in total. The van der Waals surface area contributed by atoms with Gasteiger partial charge in [-0.25, -0.2) is 8.42 Å². The Bertz CT molecular complexity index is 1300. The van der Waals surface area contributed by atoms with Crippen LogP contribution in [0.4, 0.5) is 17.1 Å². The maximum atomic E-state index is 12.9. The highest BCUT2D eigenvalue weighted by atomic mass is 32.2. The number of amides is 1. The molecule has 0 fully saturated rings. The van der Waals surface area contributed by atoms with Crippen LogP contribution in [0.5, 0.6) is 0 Å². The lowest BCUT2D eigenvalue weighted by Crippen LogP contribution is -2.36. The van der Waals surface area contributed by atoms with Crippen molar-refractivity contribution in [2.45, 2.75) is 6.92 Å². The number of hydrogen-bond donors (Lipinski definition) is 3. The van der Waals surface area contributed by atoms with Crippen molar-refractivity contribution in [1.29, 1.82) is 0 Å². The second kappa shape index (κ2) is 10.1. The number of sulfonamides is 1. The Morgan fingerprint density at radius 3 is 2.29 bits per heavy atom. The Hall–Kier alpha value is -3.62. The second-order valence-corrected chi connectivity index (χ2v) is 9.88. The predicted octanol–water partition coefficient (Wildman–Crippen LogP) is 3.99. The third-order valence-electron chi connectivity index (χ3n) is 5.55. The van der Waals surface area contributed by atoms with Gasteiger partial charge in [-0.3, -0.25) is 9.10 Å². The molecule has 0 unspecified atom stereocenters. The third kappa shape index (κ3) is 5.13. The summed E-state index contributed by atoms with van der Waals surface area (Å²) in [4.78, 5) is 12.9. The van der Waals surface area contributed by atoms with Gasteiger partial charge < -0.3 is 16.0 Å². The van der Waals surface area contributed by atoms with E-state index in [1.54, 1.807) is 12.1 Å². The van der Waals surface area contributed by atoms with Gasteiger partial charge in [0.2, 0.25) is 10.0 Å². The van der Waals surface area contributed by atoms with E-state index < -0.39 is 10.0 Å². The molecule has 3 aromatic carbocycles. The maximum absolute atomic E-state index is 12.9. The molecule has 1 aliphatic heterocycles. The molecule has 0 aromatic heterocycles. The quantitative estimate of drug-likeness (QED) is 0.321. The minimum absolute atomic E-state index is 0.171. The first-order valence-electron chi connectivity index (χ1n) is 11.1. The predicted molar refractivity (Wildman–Crippen MR) is 139 cm³/mol. The second-order valence-electron chi connectivity index (χ2n) is 7.98. The Labute approximate surface area is 200 Å². The van der Waals surface area contributed by atoms with Gasteiger partial charge in [0.05, 0.1) is 23.2 Å². The van der Waals surface area contributed by atoms with Crippen LogP contribution >= 0.6 is 0 Å². The molecule has 0 atom stereocenters. The Kier molecular flexibility index (Phi) is 7.00. The molecular weight excluding hydrogens is 448 g/mol. The summed E-state index contributed by atoms with van der Waals surface area (Å²) in [5.74, 6) is -0.171. The summed E-state index contributed by atoms with van der Waals surface area (Å²) in [6, 6.07) is 24.5. The SMILES string of the molecule is CCNCCN(c1ccc(NC(=C2C(=O)Nc3ccccc32)c2ccccc2)cc1)S(C)(=O)=O. The number of likely N-dealkylation sites (N-methyl/N-ethyl adjacent to an activating group) is 1. The molecule has 3 N–H and O–H groups in total. The molecule has 0 aliphatic carbocycles. The molecule has 1 heterocycles. The molecule has 34 heavy (non-hydrogen) atoms. The zero-order chi connectivity index (χ0) is 24.1. The topological polar surface area (TPSA) is 90.5 Å². The standard InChI is InChI=1S/C26H28N4O3S/c1-3-27-17-18-30(34(2,32)33)21-15-13-20(14-16-21)28-25(19-9-5-4-6-10-19)24-22-11-7-8-12-23(22)29-26(24)31/h4-16,27-28H,3,17-18H2,1-2H3,(H,29,31). The van der Waals surface area contributed by atoms with Gasteiger partial charge in [0.25, 0.3) is 5.91 Å². The molecule has 8 heteroatoms. The molecule has 0 saturated carbocycles. The summed E-state index contributed by atoms with van der Waals surface area (Å²) in [6.07, 6.45) is 1.21. The van der Waals surface area contributed by atoms with Gasteiger partial charge in [0, 0.05) is 30.0 Å². The normalized spacial score (nSPS) is 14.4. The number of para-hydroxylation sites is 1. The van der Waals surface area contributed by atoms with Crippen LogP contribution in [0.2, 0.25) is 0 Å². The Morgan fingerprint density at radius 2 is 1.62 bits per heavy atom. The first-order valence-corrected chi connectivity index (χ1v) is 13.0. The van der Waals surface area contributed by atoms with Gasteiger partial charge in [-0.1, -0.05) is 55.5 Å². The number of anilines is 3. The van der Waals surface area contributed by atoms with E-state index in [9.17, 15) is 13.2 Å². The highest BCUT2D eigenvalue weighted by Crippen LogP contribution is 2.37. The summed E-state index contributed by atoms with van der Waals surface area (Å²) < 4.78 is 26.0. The van der Waals surface area contributed by atoms with Crippen LogP contribution in [0, 0.1) is 0 Å².